The highest BCUT2D eigenvalue weighted by molar-refractivity contribution is 5.69. The van der Waals surface area contributed by atoms with Gasteiger partial charge in [0.15, 0.2) is 18.7 Å². The van der Waals surface area contributed by atoms with Crippen LogP contribution in [0.3, 0.4) is 0 Å². The highest BCUT2D eigenvalue weighted by atomic mass is 16.7. The summed E-state index contributed by atoms with van der Waals surface area (Å²) in [6.07, 6.45) is -4.19. The average Bonchev–Trinajstić information content (AvgIpc) is 3.03. The summed E-state index contributed by atoms with van der Waals surface area (Å²) in [5, 5.41) is 70.7. The maximum absolute atomic E-state index is 12.5. The van der Waals surface area contributed by atoms with Gasteiger partial charge in [0, 0.05) is 13.3 Å². The van der Waals surface area contributed by atoms with Crippen LogP contribution >= 0.6 is 0 Å². The van der Waals surface area contributed by atoms with Gasteiger partial charge in [-0.1, -0.05) is 71.1 Å². The molecule has 0 aromatic heterocycles. The van der Waals surface area contributed by atoms with Crippen LogP contribution in [0.2, 0.25) is 0 Å². The van der Waals surface area contributed by atoms with E-state index < -0.39 is 92.7 Å². The van der Waals surface area contributed by atoms with E-state index in [9.17, 15) is 45.3 Å². The summed E-state index contributed by atoms with van der Waals surface area (Å²) in [6.45, 7) is 1.48. The van der Waals surface area contributed by atoms with Crippen LogP contribution in [0.4, 0.5) is 0 Å². The second-order valence-electron chi connectivity index (χ2n) is 12.1. The van der Waals surface area contributed by atoms with Gasteiger partial charge in [-0.25, -0.2) is 0 Å². The monoisotopic (exact) mass is 668 g/mol. The van der Waals surface area contributed by atoms with Gasteiger partial charge in [0.2, 0.25) is 0 Å². The SMILES string of the molecule is CCCCCCCCCCCCCC(=O)OC(COC(C)=O)COC1OC(COC2OC(CO)C(O)C(O)C2O)C(O)C(O)C1O. The summed E-state index contributed by atoms with van der Waals surface area (Å²) in [6, 6.07) is 0. The smallest absolute Gasteiger partial charge is 0.306 e. The van der Waals surface area contributed by atoms with Crippen molar-refractivity contribution in [3.63, 3.8) is 0 Å². The molecule has 2 aliphatic rings. The van der Waals surface area contributed by atoms with Crippen LogP contribution in [-0.4, -0.2) is 142 Å². The maximum atomic E-state index is 12.5. The van der Waals surface area contributed by atoms with Crippen LogP contribution in [0.1, 0.15) is 90.9 Å². The number of carbonyl (C=O) groups excluding carboxylic acids is 2. The molecule has 0 bridgehead atoms. The normalized spacial score (nSPS) is 32.2. The van der Waals surface area contributed by atoms with Crippen LogP contribution in [0.15, 0.2) is 0 Å². The van der Waals surface area contributed by atoms with E-state index in [1.807, 2.05) is 0 Å². The summed E-state index contributed by atoms with van der Waals surface area (Å²) < 4.78 is 32.3. The number of aliphatic hydroxyl groups is 7. The predicted octanol–water partition coefficient (Wildman–Crippen LogP) is -0.197. The molecule has 2 rings (SSSR count). The highest BCUT2D eigenvalue weighted by Gasteiger charge is 2.47. The molecule has 0 aliphatic carbocycles. The lowest BCUT2D eigenvalue weighted by Gasteiger charge is -2.42. The molecule has 0 spiro atoms. The molecule has 0 aromatic rings. The first kappa shape index (κ1) is 40.7. The van der Waals surface area contributed by atoms with E-state index in [0.29, 0.717) is 6.42 Å². The number of aliphatic hydroxyl groups excluding tert-OH is 7. The van der Waals surface area contributed by atoms with Crippen LogP contribution in [0.5, 0.6) is 0 Å². The fraction of sp³-hybridized carbons (Fsp3) is 0.935. The molecule has 2 saturated heterocycles. The van der Waals surface area contributed by atoms with Crippen molar-refractivity contribution in [1.29, 1.82) is 0 Å². The summed E-state index contributed by atoms with van der Waals surface area (Å²) >= 11 is 0. The third-order valence-electron chi connectivity index (χ3n) is 8.14. The zero-order valence-electron chi connectivity index (χ0n) is 27.1. The van der Waals surface area contributed by atoms with Gasteiger partial charge in [-0.15, -0.1) is 0 Å². The second kappa shape index (κ2) is 22.2. The minimum atomic E-state index is -1.75. The van der Waals surface area contributed by atoms with Gasteiger partial charge in [-0.05, 0) is 6.42 Å². The summed E-state index contributed by atoms with van der Waals surface area (Å²) in [5.41, 5.74) is 0. The number of rotatable bonds is 22. The lowest BCUT2D eigenvalue weighted by molar-refractivity contribution is -0.332. The highest BCUT2D eigenvalue weighted by Crippen LogP contribution is 2.26. The molecule has 11 atom stereocenters. The Morgan fingerprint density at radius 3 is 1.70 bits per heavy atom. The Bertz CT molecular complexity index is 845. The van der Waals surface area contributed by atoms with Gasteiger partial charge in [0.1, 0.15) is 55.4 Å². The van der Waals surface area contributed by atoms with Gasteiger partial charge in [0.25, 0.3) is 0 Å². The van der Waals surface area contributed by atoms with Crippen LogP contribution in [0, 0.1) is 0 Å². The Hall–Kier alpha value is -1.50. The van der Waals surface area contributed by atoms with E-state index in [1.54, 1.807) is 0 Å². The first-order valence-electron chi connectivity index (χ1n) is 16.6. The van der Waals surface area contributed by atoms with Crippen LogP contribution in [0.25, 0.3) is 0 Å². The molecule has 15 nitrogen and oxygen atoms in total. The lowest BCUT2D eigenvalue weighted by Crippen LogP contribution is -2.61. The van der Waals surface area contributed by atoms with Gasteiger partial charge < -0.3 is 64.2 Å². The zero-order valence-corrected chi connectivity index (χ0v) is 27.1. The van der Waals surface area contributed by atoms with E-state index >= 15 is 0 Å². The molecule has 0 radical (unpaired) electrons. The standard InChI is InChI=1S/C31H56O15/c1-3-4-5-6-7-8-9-10-11-12-13-14-23(34)44-20(16-41-19(2)33)17-42-30-29(40)27(38)25(36)22(46-30)18-43-31-28(39)26(37)24(35)21(15-32)45-31/h20-22,24-32,35-40H,3-18H2,1-2H3. The van der Waals surface area contributed by atoms with Crippen molar-refractivity contribution in [2.75, 3.05) is 26.4 Å². The quantitative estimate of drug-likeness (QED) is 0.0585. The molecule has 11 unspecified atom stereocenters. The molecule has 2 fully saturated rings. The molecule has 7 N–H and O–H groups in total. The third-order valence-corrected chi connectivity index (χ3v) is 8.14. The van der Waals surface area contributed by atoms with Crippen molar-refractivity contribution in [1.82, 2.24) is 0 Å². The molecule has 0 aromatic carbocycles. The first-order chi connectivity index (χ1) is 22.0. The molecular formula is C31H56O15. The molecule has 46 heavy (non-hydrogen) atoms. The summed E-state index contributed by atoms with van der Waals surface area (Å²) in [4.78, 5) is 23.9. The summed E-state index contributed by atoms with van der Waals surface area (Å²) in [7, 11) is 0. The zero-order chi connectivity index (χ0) is 34.1. The number of unbranched alkanes of at least 4 members (excludes halogenated alkanes) is 10. The number of hydrogen-bond donors (Lipinski definition) is 7. The van der Waals surface area contributed by atoms with E-state index in [1.165, 1.54) is 51.9 Å². The number of ether oxygens (including phenoxy) is 6. The van der Waals surface area contributed by atoms with Crippen molar-refractivity contribution in [2.24, 2.45) is 0 Å². The fourth-order valence-electron chi connectivity index (χ4n) is 5.29. The molecule has 270 valence electrons. The minimum absolute atomic E-state index is 0.165. The molecule has 0 saturated carbocycles. The first-order valence-corrected chi connectivity index (χ1v) is 16.6. The van der Waals surface area contributed by atoms with E-state index in [0.717, 1.165) is 19.3 Å². The van der Waals surface area contributed by atoms with Crippen molar-refractivity contribution in [3.05, 3.63) is 0 Å². The van der Waals surface area contributed by atoms with Gasteiger partial charge in [-0.3, -0.25) is 9.59 Å². The minimum Gasteiger partial charge on any atom is -0.462 e. The van der Waals surface area contributed by atoms with Crippen LogP contribution < -0.4 is 0 Å². The number of hydrogen-bond acceptors (Lipinski definition) is 15. The predicted molar refractivity (Wildman–Crippen MR) is 160 cm³/mol. The van der Waals surface area contributed by atoms with Gasteiger partial charge in [-0.2, -0.15) is 0 Å². The molecular weight excluding hydrogens is 612 g/mol. The Labute approximate surface area is 270 Å². The lowest BCUT2D eigenvalue weighted by atomic mass is 9.98. The van der Waals surface area contributed by atoms with Crippen molar-refractivity contribution in [2.45, 2.75) is 158 Å². The Kier molecular flexibility index (Phi) is 19.6. The largest absolute Gasteiger partial charge is 0.462 e. The third kappa shape index (κ3) is 13.9. The average molecular weight is 669 g/mol. The topological polar surface area (TPSA) is 231 Å². The number of carbonyl (C=O) groups is 2. The van der Waals surface area contributed by atoms with E-state index in [-0.39, 0.29) is 19.6 Å². The van der Waals surface area contributed by atoms with Crippen molar-refractivity contribution >= 4 is 11.9 Å². The Morgan fingerprint density at radius 2 is 1.15 bits per heavy atom. The molecule has 15 heteroatoms. The summed E-state index contributed by atoms with van der Waals surface area (Å²) in [5.74, 6) is -1.12. The van der Waals surface area contributed by atoms with E-state index in [4.69, 9.17) is 28.4 Å². The molecule has 2 heterocycles. The Morgan fingerprint density at radius 1 is 0.652 bits per heavy atom. The molecule has 0 amide bonds. The van der Waals surface area contributed by atoms with E-state index in [2.05, 4.69) is 6.92 Å². The van der Waals surface area contributed by atoms with Gasteiger partial charge in [0.05, 0.1) is 19.8 Å². The van der Waals surface area contributed by atoms with Crippen LogP contribution in [-0.2, 0) is 38.0 Å². The Balaban J connectivity index is 1.81. The van der Waals surface area contributed by atoms with Gasteiger partial charge >= 0.3 is 11.9 Å². The fourth-order valence-corrected chi connectivity index (χ4v) is 5.29. The number of esters is 2. The van der Waals surface area contributed by atoms with Crippen molar-refractivity contribution < 1.29 is 73.8 Å². The second-order valence-corrected chi connectivity index (χ2v) is 12.1. The maximum Gasteiger partial charge on any atom is 0.306 e. The molecule has 2 aliphatic heterocycles. The van der Waals surface area contributed by atoms with Crippen molar-refractivity contribution in [3.8, 4) is 0 Å².